The normalized spacial score (nSPS) is 19.4. The van der Waals surface area contributed by atoms with Crippen molar-refractivity contribution in [2.75, 3.05) is 48.8 Å². The maximum absolute atomic E-state index is 13.2. The van der Waals surface area contributed by atoms with Crippen molar-refractivity contribution in [1.29, 1.82) is 0 Å². The third-order valence-corrected chi connectivity index (χ3v) is 7.57. The van der Waals surface area contributed by atoms with Gasteiger partial charge < -0.3 is 33.2 Å². The zero-order chi connectivity index (χ0) is 26.6. The Morgan fingerprint density at radius 2 is 1.68 bits per heavy atom. The average molecular weight is 520 g/mol. The van der Waals surface area contributed by atoms with Gasteiger partial charge in [0.25, 0.3) is 0 Å². The lowest BCUT2D eigenvalue weighted by Crippen LogP contribution is -2.36. The molecule has 3 aliphatic heterocycles. The summed E-state index contributed by atoms with van der Waals surface area (Å²) in [7, 11) is 8.35. The minimum Gasteiger partial charge on any atom is -0.497 e. The van der Waals surface area contributed by atoms with E-state index in [9.17, 15) is 4.79 Å². The monoisotopic (exact) mass is 519 g/mol. The van der Waals surface area contributed by atoms with Crippen molar-refractivity contribution in [1.82, 2.24) is 4.90 Å². The Morgan fingerprint density at radius 1 is 0.895 bits per heavy atom. The van der Waals surface area contributed by atoms with Crippen LogP contribution >= 0.6 is 0 Å². The van der Waals surface area contributed by atoms with E-state index in [1.807, 2.05) is 37.4 Å². The van der Waals surface area contributed by atoms with Crippen LogP contribution in [0.15, 0.2) is 36.4 Å². The molecule has 2 atom stereocenters. The summed E-state index contributed by atoms with van der Waals surface area (Å²) in [6.07, 6.45) is 0.134. The molecular formula is C29H29NO8. The van der Waals surface area contributed by atoms with Gasteiger partial charge in [0.1, 0.15) is 17.4 Å². The van der Waals surface area contributed by atoms with E-state index in [1.165, 1.54) is 7.11 Å². The average Bonchev–Trinajstić information content (AvgIpc) is 3.55. The molecule has 6 rings (SSSR count). The molecule has 0 aromatic heterocycles. The van der Waals surface area contributed by atoms with Gasteiger partial charge in [-0.05, 0) is 42.8 Å². The first-order valence-corrected chi connectivity index (χ1v) is 12.3. The van der Waals surface area contributed by atoms with Crippen LogP contribution in [0.3, 0.4) is 0 Å². The van der Waals surface area contributed by atoms with E-state index in [1.54, 1.807) is 27.4 Å². The zero-order valence-electron chi connectivity index (χ0n) is 22.0. The van der Waals surface area contributed by atoms with Crippen molar-refractivity contribution >= 4 is 5.97 Å². The predicted molar refractivity (Wildman–Crippen MR) is 138 cm³/mol. The summed E-state index contributed by atoms with van der Waals surface area (Å²) in [5.41, 5.74) is 4.96. The quantitative estimate of drug-likeness (QED) is 0.435. The number of methoxy groups -OCH3 is 4. The van der Waals surface area contributed by atoms with Gasteiger partial charge in [0, 0.05) is 23.2 Å². The number of fused-ring (bicyclic) bond motifs is 3. The Balaban J connectivity index is 1.60. The van der Waals surface area contributed by atoms with Crippen molar-refractivity contribution in [2.24, 2.45) is 0 Å². The standard InChI is InChI=1S/C29H29NO8/c1-30-12-11-17-20(15-7-6-8-16(13-15)32-2)27-28(37-14-36-27)26(35-5)21(17)23(30)24-18-9-10-19(33-3)25(34-4)22(18)29(31)38-24/h6-10,13,23-24H,11-12,14H2,1-5H3/t23-,24?/m1/s1. The molecule has 3 heterocycles. The number of carbonyl (C=O) groups is 1. The second-order valence-corrected chi connectivity index (χ2v) is 9.36. The van der Waals surface area contributed by atoms with Crippen LogP contribution in [-0.4, -0.2) is 59.7 Å². The molecule has 0 saturated heterocycles. The first kappa shape index (κ1) is 24.2. The number of hydrogen-bond acceptors (Lipinski definition) is 9. The van der Waals surface area contributed by atoms with E-state index in [2.05, 4.69) is 4.90 Å². The van der Waals surface area contributed by atoms with Gasteiger partial charge in [0.15, 0.2) is 23.0 Å². The second-order valence-electron chi connectivity index (χ2n) is 9.36. The molecule has 0 spiro atoms. The van der Waals surface area contributed by atoms with E-state index >= 15 is 0 Å². The number of hydrogen-bond donors (Lipinski definition) is 0. The van der Waals surface area contributed by atoms with Crippen LogP contribution in [-0.2, 0) is 11.2 Å². The highest BCUT2D eigenvalue weighted by Gasteiger charge is 2.47. The highest BCUT2D eigenvalue weighted by molar-refractivity contribution is 5.98. The molecule has 0 N–H and O–H groups in total. The Hall–Kier alpha value is -4.11. The fraction of sp³-hybridized carbons (Fsp3) is 0.345. The molecule has 0 amide bonds. The number of cyclic esters (lactones) is 1. The first-order valence-electron chi connectivity index (χ1n) is 12.3. The Kier molecular flexibility index (Phi) is 5.95. The van der Waals surface area contributed by atoms with E-state index in [0.717, 1.165) is 46.5 Å². The van der Waals surface area contributed by atoms with E-state index in [4.69, 9.17) is 33.2 Å². The van der Waals surface area contributed by atoms with Crippen molar-refractivity contribution in [3.05, 3.63) is 58.7 Å². The van der Waals surface area contributed by atoms with Gasteiger partial charge in [-0.15, -0.1) is 0 Å². The van der Waals surface area contributed by atoms with Crippen molar-refractivity contribution in [2.45, 2.75) is 18.6 Å². The number of nitrogens with zero attached hydrogens (tertiary/aromatic N) is 1. The van der Waals surface area contributed by atoms with Crippen molar-refractivity contribution < 1.29 is 38.0 Å². The Bertz CT molecular complexity index is 1430. The van der Waals surface area contributed by atoms with Gasteiger partial charge in [0.2, 0.25) is 12.5 Å². The summed E-state index contributed by atoms with van der Waals surface area (Å²) in [6, 6.07) is 11.2. The van der Waals surface area contributed by atoms with E-state index in [-0.39, 0.29) is 12.8 Å². The summed E-state index contributed by atoms with van der Waals surface area (Å²) in [5, 5.41) is 0. The molecule has 3 aliphatic rings. The molecular weight excluding hydrogens is 490 g/mol. The maximum Gasteiger partial charge on any atom is 0.343 e. The van der Waals surface area contributed by atoms with E-state index in [0.29, 0.717) is 34.3 Å². The SMILES string of the molecule is COc1cccc(-c2c3c(c(OC)c4c2OCO4)[C@H](C2OC(=O)c4c2ccc(OC)c4OC)N(C)CC3)c1. The second kappa shape index (κ2) is 9.33. The van der Waals surface area contributed by atoms with Crippen LogP contribution in [0.4, 0.5) is 0 Å². The lowest BCUT2D eigenvalue weighted by Gasteiger charge is -2.39. The van der Waals surface area contributed by atoms with Crippen LogP contribution in [0, 0.1) is 0 Å². The molecule has 9 nitrogen and oxygen atoms in total. The molecule has 38 heavy (non-hydrogen) atoms. The summed E-state index contributed by atoms with van der Waals surface area (Å²) < 4.78 is 40.6. The van der Waals surface area contributed by atoms with Crippen LogP contribution in [0.1, 0.15) is 39.2 Å². The minimum absolute atomic E-state index is 0.0876. The lowest BCUT2D eigenvalue weighted by atomic mass is 9.81. The molecule has 0 aliphatic carbocycles. The van der Waals surface area contributed by atoms with Gasteiger partial charge in [-0.3, -0.25) is 4.90 Å². The molecule has 0 fully saturated rings. The molecule has 198 valence electrons. The summed E-state index contributed by atoms with van der Waals surface area (Å²) in [6.45, 7) is 0.818. The van der Waals surface area contributed by atoms with Crippen molar-refractivity contribution in [3.8, 4) is 45.6 Å². The largest absolute Gasteiger partial charge is 0.497 e. The van der Waals surface area contributed by atoms with Crippen molar-refractivity contribution in [3.63, 3.8) is 0 Å². The number of esters is 1. The van der Waals surface area contributed by atoms with Crippen LogP contribution < -0.4 is 28.4 Å². The highest BCUT2D eigenvalue weighted by Crippen LogP contribution is 2.59. The molecule has 1 unspecified atom stereocenters. The van der Waals surface area contributed by atoms with Gasteiger partial charge in [-0.1, -0.05) is 18.2 Å². The summed E-state index contributed by atoms with van der Waals surface area (Å²) in [5.74, 6) is 2.90. The third-order valence-electron chi connectivity index (χ3n) is 7.57. The Labute approximate surface area is 220 Å². The lowest BCUT2D eigenvalue weighted by molar-refractivity contribution is 0.00877. The third kappa shape index (κ3) is 3.45. The first-order chi connectivity index (χ1) is 18.5. The minimum atomic E-state index is -0.603. The number of ether oxygens (including phenoxy) is 7. The maximum atomic E-state index is 13.2. The number of rotatable bonds is 6. The van der Waals surface area contributed by atoms with Gasteiger partial charge in [0.05, 0.1) is 34.5 Å². The van der Waals surface area contributed by atoms with Gasteiger partial charge >= 0.3 is 5.97 Å². The molecule has 0 bridgehead atoms. The van der Waals surface area contributed by atoms with Crippen LogP contribution in [0.2, 0.25) is 0 Å². The van der Waals surface area contributed by atoms with Crippen LogP contribution in [0.25, 0.3) is 11.1 Å². The fourth-order valence-corrected chi connectivity index (χ4v) is 5.92. The Morgan fingerprint density at radius 3 is 2.42 bits per heavy atom. The summed E-state index contributed by atoms with van der Waals surface area (Å²) >= 11 is 0. The molecule has 0 saturated carbocycles. The number of carbonyl (C=O) groups excluding carboxylic acids is 1. The van der Waals surface area contributed by atoms with Crippen LogP contribution in [0.5, 0.6) is 34.5 Å². The van der Waals surface area contributed by atoms with E-state index < -0.39 is 12.1 Å². The van der Waals surface area contributed by atoms with Gasteiger partial charge in [-0.2, -0.15) is 0 Å². The molecule has 0 radical (unpaired) electrons. The highest BCUT2D eigenvalue weighted by atomic mass is 16.7. The molecule has 9 heteroatoms. The number of benzene rings is 3. The smallest absolute Gasteiger partial charge is 0.343 e. The zero-order valence-corrected chi connectivity index (χ0v) is 22.0. The predicted octanol–water partition coefficient (Wildman–Crippen LogP) is 4.56. The molecule has 3 aromatic rings. The topological polar surface area (TPSA) is 84.9 Å². The fourth-order valence-electron chi connectivity index (χ4n) is 5.92. The molecule has 3 aromatic carbocycles. The number of likely N-dealkylation sites (N-methyl/N-ethyl adjacent to an activating group) is 1. The van der Waals surface area contributed by atoms with Gasteiger partial charge in [-0.25, -0.2) is 4.79 Å². The summed E-state index contributed by atoms with van der Waals surface area (Å²) in [4.78, 5) is 15.4.